The highest BCUT2D eigenvalue weighted by atomic mass is 79.9. The van der Waals surface area contributed by atoms with Crippen molar-refractivity contribution in [2.75, 3.05) is 39.8 Å². The Labute approximate surface area is 201 Å². The summed E-state index contributed by atoms with van der Waals surface area (Å²) in [6.07, 6.45) is 6.55. The third-order valence-electron chi connectivity index (χ3n) is 5.66. The van der Waals surface area contributed by atoms with Crippen molar-refractivity contribution in [1.82, 2.24) is 10.6 Å². The Balaban J connectivity index is 0.00000420. The van der Waals surface area contributed by atoms with Crippen molar-refractivity contribution in [2.45, 2.75) is 26.7 Å². The van der Waals surface area contributed by atoms with Gasteiger partial charge in [0.15, 0.2) is 11.9 Å². The molecular weight excluding hydrogens is 512 g/mol. The molecule has 168 valence electrons. The Hall–Kier alpha value is -1.51. The molecule has 0 saturated heterocycles. The molecule has 0 unspecified atom stereocenters. The highest BCUT2D eigenvalue weighted by molar-refractivity contribution is 6.19. The van der Waals surface area contributed by atoms with Crippen LogP contribution < -0.4 is 49.2 Å². The number of halogens is 2. The second-order valence-corrected chi connectivity index (χ2v) is 7.58. The van der Waals surface area contributed by atoms with Gasteiger partial charge in [-0.05, 0) is 13.8 Å². The molecule has 8 heteroatoms. The lowest BCUT2D eigenvalue weighted by atomic mass is 10.1. The third-order valence-corrected chi connectivity index (χ3v) is 5.66. The van der Waals surface area contributed by atoms with E-state index in [1.165, 1.54) is 12.2 Å². The number of nitrogens with zero attached hydrogens (tertiary/aromatic N) is 2. The Bertz CT molecular complexity index is 774. The molecular formula is C22H34Br2N4O2. The highest BCUT2D eigenvalue weighted by Crippen LogP contribution is 2.09. The SMILES string of the molecule is CC[N+](C)(CC)CCCNC1=CC(=O)C(NCCc2cccc[n+]2C)=CC1=O.[Br-].[Br-]. The topological polar surface area (TPSA) is 62.1 Å². The lowest BCUT2D eigenvalue weighted by molar-refractivity contribution is -0.906. The Morgan fingerprint density at radius 1 is 0.933 bits per heavy atom. The number of rotatable bonds is 11. The number of quaternary nitrogens is 1. The van der Waals surface area contributed by atoms with Crippen molar-refractivity contribution in [3.63, 3.8) is 0 Å². The maximum atomic E-state index is 12.3. The molecule has 0 saturated carbocycles. The Morgan fingerprint density at radius 3 is 2.03 bits per heavy atom. The number of carbonyl (C=O) groups is 2. The van der Waals surface area contributed by atoms with E-state index >= 15 is 0 Å². The van der Waals surface area contributed by atoms with Gasteiger partial charge in [0.05, 0.1) is 38.1 Å². The first-order valence-electron chi connectivity index (χ1n) is 10.2. The molecule has 0 spiro atoms. The first kappa shape index (κ1) is 28.5. The second kappa shape index (κ2) is 13.7. The van der Waals surface area contributed by atoms with Gasteiger partial charge in [-0.2, -0.15) is 0 Å². The normalized spacial score (nSPS) is 13.6. The zero-order valence-corrected chi connectivity index (χ0v) is 21.6. The summed E-state index contributed by atoms with van der Waals surface area (Å²) in [6, 6.07) is 6.02. The van der Waals surface area contributed by atoms with Gasteiger partial charge in [0.25, 0.3) is 0 Å². The summed E-state index contributed by atoms with van der Waals surface area (Å²) in [5.41, 5.74) is 1.93. The fraction of sp³-hybridized carbons (Fsp3) is 0.500. The van der Waals surface area contributed by atoms with Gasteiger partial charge in [-0.1, -0.05) is 6.07 Å². The van der Waals surface area contributed by atoms with Crippen molar-refractivity contribution < 1.29 is 52.6 Å². The van der Waals surface area contributed by atoms with Crippen LogP contribution in [0.1, 0.15) is 26.0 Å². The third kappa shape index (κ3) is 8.32. The van der Waals surface area contributed by atoms with Gasteiger partial charge in [0.2, 0.25) is 11.6 Å². The minimum Gasteiger partial charge on any atom is -1.00 e. The Morgan fingerprint density at radius 2 is 1.50 bits per heavy atom. The van der Waals surface area contributed by atoms with Crippen LogP contribution in [0.4, 0.5) is 0 Å². The molecule has 6 nitrogen and oxygen atoms in total. The lowest BCUT2D eigenvalue weighted by Gasteiger charge is -2.32. The molecule has 0 bridgehead atoms. The van der Waals surface area contributed by atoms with E-state index in [0.717, 1.165) is 42.7 Å². The van der Waals surface area contributed by atoms with Crippen LogP contribution in [0, 0.1) is 0 Å². The maximum absolute atomic E-state index is 12.3. The second-order valence-electron chi connectivity index (χ2n) is 7.58. The van der Waals surface area contributed by atoms with Crippen LogP contribution in [-0.4, -0.2) is 55.8 Å². The van der Waals surface area contributed by atoms with Crippen molar-refractivity contribution >= 4 is 11.6 Å². The molecule has 0 atom stereocenters. The van der Waals surface area contributed by atoms with Crippen LogP contribution in [0.3, 0.4) is 0 Å². The van der Waals surface area contributed by atoms with Gasteiger partial charge >= 0.3 is 0 Å². The molecule has 30 heavy (non-hydrogen) atoms. The molecule has 0 amide bonds. The van der Waals surface area contributed by atoms with Crippen molar-refractivity contribution in [1.29, 1.82) is 0 Å². The first-order valence-corrected chi connectivity index (χ1v) is 10.2. The quantitative estimate of drug-likeness (QED) is 0.127. The van der Waals surface area contributed by atoms with Crippen LogP contribution in [0.15, 0.2) is 47.9 Å². The van der Waals surface area contributed by atoms with E-state index in [9.17, 15) is 9.59 Å². The van der Waals surface area contributed by atoms with Crippen LogP contribution in [-0.2, 0) is 23.1 Å². The summed E-state index contributed by atoms with van der Waals surface area (Å²) in [6.45, 7) is 8.92. The first-order chi connectivity index (χ1) is 13.4. The predicted octanol–water partition coefficient (Wildman–Crippen LogP) is -4.96. The highest BCUT2D eigenvalue weighted by Gasteiger charge is 2.21. The Kier molecular flexibility index (Phi) is 13.0. The molecule has 0 radical (unpaired) electrons. The molecule has 0 aliphatic heterocycles. The smallest absolute Gasteiger partial charge is 0.203 e. The number of aryl methyl sites for hydroxylation is 1. The van der Waals surface area contributed by atoms with Crippen LogP contribution in [0.25, 0.3) is 0 Å². The summed E-state index contributed by atoms with van der Waals surface area (Å²) in [5, 5.41) is 6.24. The zero-order chi connectivity index (χ0) is 20.6. The number of hydrogen-bond donors (Lipinski definition) is 2. The summed E-state index contributed by atoms with van der Waals surface area (Å²) in [7, 11) is 4.23. The van der Waals surface area contributed by atoms with E-state index in [-0.39, 0.29) is 45.5 Å². The minimum absolute atomic E-state index is 0. The maximum Gasteiger partial charge on any atom is 0.203 e. The van der Waals surface area contributed by atoms with Crippen LogP contribution >= 0.6 is 0 Å². The fourth-order valence-electron chi connectivity index (χ4n) is 3.20. The van der Waals surface area contributed by atoms with Gasteiger partial charge in [-0.15, -0.1) is 0 Å². The number of pyridine rings is 1. The van der Waals surface area contributed by atoms with Crippen LogP contribution in [0.2, 0.25) is 0 Å². The molecule has 0 aromatic carbocycles. The van der Waals surface area contributed by atoms with Gasteiger partial charge < -0.3 is 49.1 Å². The van der Waals surface area contributed by atoms with E-state index in [4.69, 9.17) is 0 Å². The van der Waals surface area contributed by atoms with E-state index in [1.54, 1.807) is 0 Å². The summed E-state index contributed by atoms with van der Waals surface area (Å²) >= 11 is 0. The van der Waals surface area contributed by atoms with E-state index in [2.05, 4.69) is 31.5 Å². The van der Waals surface area contributed by atoms with Crippen LogP contribution in [0.5, 0.6) is 0 Å². The molecule has 2 rings (SSSR count). The van der Waals surface area contributed by atoms with Gasteiger partial charge in [-0.25, -0.2) is 4.57 Å². The van der Waals surface area contributed by atoms with Gasteiger partial charge in [-0.3, -0.25) is 9.59 Å². The van der Waals surface area contributed by atoms with Gasteiger partial charge in [0.1, 0.15) is 7.05 Å². The number of carbonyl (C=O) groups excluding carboxylic acids is 2. The van der Waals surface area contributed by atoms with E-state index < -0.39 is 0 Å². The van der Waals surface area contributed by atoms with Crippen molar-refractivity contribution in [3.8, 4) is 0 Å². The summed E-state index contributed by atoms with van der Waals surface area (Å²) < 4.78 is 3.06. The standard InChI is InChI=1S/C22H32N4O2.2BrH/c1-5-26(4,6-2)15-9-12-23-19-16-22(28)20(17-21(19)27)24-13-11-18-10-7-8-14-25(18)3;;/h7-8,10,14,16-17H,5-6,9,11-13,15H2,1-4H3;2*1H. The largest absolute Gasteiger partial charge is 1.00 e. The predicted molar refractivity (Wildman–Crippen MR) is 110 cm³/mol. The summed E-state index contributed by atoms with van der Waals surface area (Å²) in [4.78, 5) is 24.7. The van der Waals surface area contributed by atoms with Crippen molar-refractivity contribution in [2.24, 2.45) is 7.05 Å². The lowest BCUT2D eigenvalue weighted by Crippen LogP contribution is -3.00. The molecule has 2 N–H and O–H groups in total. The average Bonchev–Trinajstić information content (AvgIpc) is 2.69. The number of aromatic nitrogens is 1. The number of hydrogen-bond acceptors (Lipinski definition) is 4. The number of allylic oxidation sites excluding steroid dienone is 2. The molecule has 1 aliphatic rings. The van der Waals surface area contributed by atoms with Gasteiger partial charge in [0, 0.05) is 50.2 Å². The monoisotopic (exact) mass is 544 g/mol. The average molecular weight is 546 g/mol. The zero-order valence-electron chi connectivity index (χ0n) is 18.4. The van der Waals surface area contributed by atoms with E-state index in [0.29, 0.717) is 24.5 Å². The molecule has 1 aliphatic carbocycles. The number of nitrogens with one attached hydrogen (secondary N) is 2. The molecule has 0 fully saturated rings. The molecule has 1 aromatic rings. The summed E-state index contributed by atoms with van der Waals surface area (Å²) in [5.74, 6) is -0.294. The minimum atomic E-state index is -0.151. The van der Waals surface area contributed by atoms with E-state index in [1.807, 2.05) is 36.0 Å². The van der Waals surface area contributed by atoms with Crippen molar-refractivity contribution in [3.05, 3.63) is 53.6 Å². The molecule has 1 aromatic heterocycles. The molecule has 1 heterocycles. The fourth-order valence-corrected chi connectivity index (χ4v) is 3.20. The number of ketones is 2.